The zero-order valence-electron chi connectivity index (χ0n) is 16.8. The fraction of sp³-hybridized carbons (Fsp3) is 0.474. The highest BCUT2D eigenvalue weighted by Crippen LogP contribution is 2.17. The number of morpholine rings is 1. The maximum Gasteiger partial charge on any atom is 0.261 e. The number of para-hydroxylation sites is 1. The normalized spacial score (nSPS) is 15.0. The molecule has 0 radical (unpaired) electrons. The molecule has 1 aromatic heterocycles. The summed E-state index contributed by atoms with van der Waals surface area (Å²) in [5.41, 5.74) is 0. The van der Waals surface area contributed by atoms with Gasteiger partial charge in [0.1, 0.15) is 0 Å². The zero-order valence-corrected chi connectivity index (χ0v) is 16.8. The molecule has 1 unspecified atom stereocenters. The molecular weight excluding hydrogens is 379 g/mol. The molecule has 1 amide bonds. The molecular formula is C19H25FN6O3. The Balaban J connectivity index is 1.66. The lowest BCUT2D eigenvalue weighted by molar-refractivity contribution is -0.127. The molecule has 3 rings (SSSR count). The van der Waals surface area contributed by atoms with Crippen LogP contribution in [0.25, 0.3) is 0 Å². The largest absolute Gasteiger partial charge is 0.478 e. The van der Waals surface area contributed by atoms with E-state index in [4.69, 9.17) is 9.47 Å². The molecule has 2 aromatic rings. The molecule has 1 N–H and O–H groups in total. The summed E-state index contributed by atoms with van der Waals surface area (Å²) in [6.07, 6.45) is -0.874. The second-order valence-electron chi connectivity index (χ2n) is 6.75. The fourth-order valence-electron chi connectivity index (χ4n) is 2.67. The number of carbonyl (C=O) groups excluding carboxylic acids is 1. The minimum atomic E-state index is -0.874. The first-order valence-corrected chi connectivity index (χ1v) is 9.38. The van der Waals surface area contributed by atoms with Crippen molar-refractivity contribution in [2.24, 2.45) is 0 Å². The number of hydrogen-bond donors (Lipinski definition) is 1. The Bertz CT molecular complexity index is 844. The minimum absolute atomic E-state index is 0.0276. The second-order valence-corrected chi connectivity index (χ2v) is 6.75. The predicted octanol–water partition coefficient (Wildman–Crippen LogP) is 0.997. The summed E-state index contributed by atoms with van der Waals surface area (Å²) in [4.78, 5) is 29.5. The van der Waals surface area contributed by atoms with Crippen LogP contribution in [0.3, 0.4) is 0 Å². The lowest BCUT2D eigenvalue weighted by Crippen LogP contribution is -2.39. The van der Waals surface area contributed by atoms with Gasteiger partial charge in [-0.3, -0.25) is 4.79 Å². The van der Waals surface area contributed by atoms with Gasteiger partial charge in [0.2, 0.25) is 11.9 Å². The monoisotopic (exact) mass is 404 g/mol. The third-order valence-electron chi connectivity index (χ3n) is 4.28. The molecule has 156 valence electrons. The molecule has 1 aliphatic heterocycles. The first-order valence-electron chi connectivity index (χ1n) is 9.38. The molecule has 10 heteroatoms. The molecule has 1 saturated heterocycles. The van der Waals surface area contributed by atoms with E-state index >= 15 is 0 Å². The van der Waals surface area contributed by atoms with Gasteiger partial charge in [-0.1, -0.05) is 12.1 Å². The van der Waals surface area contributed by atoms with Crippen LogP contribution >= 0.6 is 0 Å². The van der Waals surface area contributed by atoms with E-state index < -0.39 is 17.8 Å². The standard InChI is InChI=1S/C19H25FN6O3/c1-13(29-15-7-5-4-6-14(15)20)17(27)21-12-16-22-18(25(2)3)24-19(23-16)26-8-10-28-11-9-26/h4-7,13H,8-12H2,1-3H3,(H,21,27). The van der Waals surface area contributed by atoms with Crippen LogP contribution < -0.4 is 19.9 Å². The number of nitrogens with zero attached hydrogens (tertiary/aromatic N) is 5. The highest BCUT2D eigenvalue weighted by atomic mass is 19.1. The number of amides is 1. The molecule has 1 aliphatic rings. The third-order valence-corrected chi connectivity index (χ3v) is 4.28. The second kappa shape index (κ2) is 9.46. The van der Waals surface area contributed by atoms with Gasteiger partial charge >= 0.3 is 0 Å². The number of anilines is 2. The maximum absolute atomic E-state index is 13.7. The van der Waals surface area contributed by atoms with Crippen molar-refractivity contribution in [2.45, 2.75) is 19.6 Å². The predicted molar refractivity (Wildman–Crippen MR) is 106 cm³/mol. The molecule has 0 saturated carbocycles. The van der Waals surface area contributed by atoms with Crippen LogP contribution in [-0.4, -0.2) is 67.4 Å². The van der Waals surface area contributed by atoms with Crippen molar-refractivity contribution in [3.63, 3.8) is 0 Å². The molecule has 2 heterocycles. The minimum Gasteiger partial charge on any atom is -0.478 e. The highest BCUT2D eigenvalue weighted by Gasteiger charge is 2.19. The number of carbonyl (C=O) groups is 1. The summed E-state index contributed by atoms with van der Waals surface area (Å²) in [6.45, 7) is 4.26. The Labute approximate surface area is 168 Å². The van der Waals surface area contributed by atoms with Crippen molar-refractivity contribution < 1.29 is 18.7 Å². The van der Waals surface area contributed by atoms with E-state index in [2.05, 4.69) is 20.3 Å². The first kappa shape index (κ1) is 20.7. The van der Waals surface area contributed by atoms with E-state index in [0.29, 0.717) is 44.0 Å². The van der Waals surface area contributed by atoms with Gasteiger partial charge < -0.3 is 24.6 Å². The number of hydrogen-bond acceptors (Lipinski definition) is 8. The number of ether oxygens (including phenoxy) is 2. The molecule has 9 nitrogen and oxygen atoms in total. The number of halogens is 1. The van der Waals surface area contributed by atoms with Crippen LogP contribution in [0.5, 0.6) is 5.75 Å². The van der Waals surface area contributed by atoms with Gasteiger partial charge in [0, 0.05) is 27.2 Å². The molecule has 0 bridgehead atoms. The number of aromatic nitrogens is 3. The van der Waals surface area contributed by atoms with Crippen LogP contribution in [0.2, 0.25) is 0 Å². The van der Waals surface area contributed by atoms with Gasteiger partial charge in [0.15, 0.2) is 23.5 Å². The molecule has 0 aliphatic carbocycles. The average Bonchev–Trinajstić information content (AvgIpc) is 2.74. The summed E-state index contributed by atoms with van der Waals surface area (Å²) in [7, 11) is 3.68. The van der Waals surface area contributed by atoms with E-state index in [-0.39, 0.29) is 12.3 Å². The van der Waals surface area contributed by atoms with Crippen molar-refractivity contribution >= 4 is 17.8 Å². The number of rotatable bonds is 7. The van der Waals surface area contributed by atoms with Gasteiger partial charge in [0.25, 0.3) is 5.91 Å². The van der Waals surface area contributed by atoms with Gasteiger partial charge in [-0.25, -0.2) is 4.39 Å². The summed E-state index contributed by atoms with van der Waals surface area (Å²) >= 11 is 0. The van der Waals surface area contributed by atoms with Gasteiger partial charge in [-0.2, -0.15) is 15.0 Å². The molecule has 0 spiro atoms. The lowest BCUT2D eigenvalue weighted by Gasteiger charge is -2.27. The molecule has 1 atom stereocenters. The Morgan fingerprint density at radius 2 is 2.00 bits per heavy atom. The first-order chi connectivity index (χ1) is 13.9. The Kier molecular flexibility index (Phi) is 6.76. The van der Waals surface area contributed by atoms with Crippen molar-refractivity contribution in [1.82, 2.24) is 20.3 Å². The van der Waals surface area contributed by atoms with E-state index in [1.807, 2.05) is 19.0 Å². The maximum atomic E-state index is 13.7. The highest BCUT2D eigenvalue weighted by molar-refractivity contribution is 5.80. The molecule has 1 aromatic carbocycles. The summed E-state index contributed by atoms with van der Waals surface area (Å²) in [5.74, 6) is 0.591. The van der Waals surface area contributed by atoms with E-state index in [1.54, 1.807) is 24.0 Å². The van der Waals surface area contributed by atoms with Crippen molar-refractivity contribution in [2.75, 3.05) is 50.2 Å². The van der Waals surface area contributed by atoms with Crippen molar-refractivity contribution in [3.05, 3.63) is 35.9 Å². The zero-order chi connectivity index (χ0) is 20.8. The van der Waals surface area contributed by atoms with Crippen molar-refractivity contribution in [1.29, 1.82) is 0 Å². The van der Waals surface area contributed by atoms with E-state index in [0.717, 1.165) is 0 Å². The van der Waals surface area contributed by atoms with Crippen LogP contribution in [0.1, 0.15) is 12.7 Å². The summed E-state index contributed by atoms with van der Waals surface area (Å²) in [6, 6.07) is 5.95. The Morgan fingerprint density at radius 3 is 2.69 bits per heavy atom. The average molecular weight is 404 g/mol. The summed E-state index contributed by atoms with van der Waals surface area (Å²) in [5, 5.41) is 2.73. The van der Waals surface area contributed by atoms with Crippen LogP contribution in [0.4, 0.5) is 16.3 Å². The quantitative estimate of drug-likeness (QED) is 0.731. The third kappa shape index (κ3) is 5.50. The smallest absolute Gasteiger partial charge is 0.261 e. The van der Waals surface area contributed by atoms with Crippen LogP contribution in [-0.2, 0) is 16.1 Å². The Morgan fingerprint density at radius 1 is 1.28 bits per heavy atom. The molecule has 29 heavy (non-hydrogen) atoms. The van der Waals surface area contributed by atoms with E-state index in [9.17, 15) is 9.18 Å². The SMILES string of the molecule is CC(Oc1ccccc1F)C(=O)NCc1nc(N(C)C)nc(N2CCOCC2)n1. The van der Waals surface area contributed by atoms with Crippen LogP contribution in [0, 0.1) is 5.82 Å². The van der Waals surface area contributed by atoms with E-state index in [1.165, 1.54) is 12.1 Å². The number of nitrogens with one attached hydrogen (secondary N) is 1. The topological polar surface area (TPSA) is 92.7 Å². The fourth-order valence-corrected chi connectivity index (χ4v) is 2.67. The van der Waals surface area contributed by atoms with Gasteiger partial charge in [0.05, 0.1) is 19.8 Å². The number of benzene rings is 1. The van der Waals surface area contributed by atoms with Crippen molar-refractivity contribution in [3.8, 4) is 5.75 Å². The van der Waals surface area contributed by atoms with Gasteiger partial charge in [-0.05, 0) is 19.1 Å². The lowest BCUT2D eigenvalue weighted by atomic mass is 10.3. The van der Waals surface area contributed by atoms with Gasteiger partial charge in [-0.15, -0.1) is 0 Å². The van der Waals surface area contributed by atoms with Crippen LogP contribution in [0.15, 0.2) is 24.3 Å². The summed E-state index contributed by atoms with van der Waals surface area (Å²) < 4.78 is 24.5. The molecule has 1 fully saturated rings. The Hall–Kier alpha value is -3.01.